The Balaban J connectivity index is 2.00. The smallest absolute Gasteiger partial charge is 0.316 e. The number of aromatic amines is 1. The van der Waals surface area contributed by atoms with Crippen LogP contribution >= 0.6 is 0 Å². The van der Waals surface area contributed by atoms with E-state index in [9.17, 15) is 4.79 Å². The summed E-state index contributed by atoms with van der Waals surface area (Å²) in [5.41, 5.74) is 2.07. The van der Waals surface area contributed by atoms with Crippen molar-refractivity contribution in [2.75, 3.05) is 7.11 Å². The van der Waals surface area contributed by atoms with Gasteiger partial charge < -0.3 is 14.5 Å². The molecule has 24 heavy (non-hydrogen) atoms. The number of carbonyl (C=O) groups excluding carboxylic acids is 1. The number of nitrogens with zero attached hydrogens (tertiary/aromatic N) is 1. The quantitative estimate of drug-likeness (QED) is 0.579. The molecule has 0 aliphatic rings. The molecule has 5 nitrogen and oxygen atoms in total. The second kappa shape index (κ2) is 6.00. The summed E-state index contributed by atoms with van der Waals surface area (Å²) in [6.07, 6.45) is 0. The van der Waals surface area contributed by atoms with E-state index in [-0.39, 0.29) is 5.97 Å². The third kappa shape index (κ3) is 3.11. The second-order valence-corrected chi connectivity index (χ2v) is 6.61. The lowest BCUT2D eigenvalue weighted by Crippen LogP contribution is -2.25. The van der Waals surface area contributed by atoms with Gasteiger partial charge >= 0.3 is 5.97 Å². The van der Waals surface area contributed by atoms with E-state index in [0.717, 1.165) is 16.6 Å². The van der Waals surface area contributed by atoms with Gasteiger partial charge in [-0.05, 0) is 51.1 Å². The molecule has 3 rings (SSSR count). The number of methoxy groups -OCH3 is 1. The summed E-state index contributed by atoms with van der Waals surface area (Å²) in [4.78, 5) is 20.0. The minimum absolute atomic E-state index is 0.317. The van der Waals surface area contributed by atoms with Crippen molar-refractivity contribution in [2.24, 2.45) is 5.41 Å². The van der Waals surface area contributed by atoms with Gasteiger partial charge in [0.05, 0.1) is 23.6 Å². The number of hydrogen-bond donors (Lipinski definition) is 1. The fourth-order valence-electron chi connectivity index (χ4n) is 2.25. The summed E-state index contributed by atoms with van der Waals surface area (Å²) in [5.74, 6) is 1.29. The third-order valence-corrected chi connectivity index (χ3v) is 3.64. The summed E-state index contributed by atoms with van der Waals surface area (Å²) in [6.45, 7) is 5.43. The zero-order chi connectivity index (χ0) is 17.3. The van der Waals surface area contributed by atoms with Crippen LogP contribution in [0.15, 0.2) is 42.5 Å². The predicted octanol–water partition coefficient (Wildman–Crippen LogP) is 4.19. The SMILES string of the molecule is COc1ccc(-c2nc3ccccc3[nH]2)cc1OC(=O)C(C)(C)C. The number of aromatic nitrogens is 2. The Morgan fingerprint density at radius 2 is 1.83 bits per heavy atom. The number of carbonyl (C=O) groups is 1. The Labute approximate surface area is 140 Å². The van der Waals surface area contributed by atoms with Gasteiger partial charge in [0.2, 0.25) is 0 Å². The Kier molecular flexibility index (Phi) is 4.01. The molecule has 124 valence electrons. The topological polar surface area (TPSA) is 64.2 Å². The lowest BCUT2D eigenvalue weighted by atomic mass is 9.97. The van der Waals surface area contributed by atoms with Gasteiger partial charge in [-0.25, -0.2) is 4.98 Å². The number of esters is 1. The average molecular weight is 324 g/mol. The summed E-state index contributed by atoms with van der Waals surface area (Å²) in [6, 6.07) is 13.2. The fourth-order valence-corrected chi connectivity index (χ4v) is 2.25. The largest absolute Gasteiger partial charge is 0.493 e. The second-order valence-electron chi connectivity index (χ2n) is 6.61. The van der Waals surface area contributed by atoms with Gasteiger partial charge in [0.1, 0.15) is 5.82 Å². The molecule has 3 aromatic rings. The fraction of sp³-hybridized carbons (Fsp3) is 0.263. The molecule has 1 N–H and O–H groups in total. The standard InChI is InChI=1S/C19H20N2O3/c1-19(2,3)18(22)24-16-11-12(9-10-15(16)23-4)17-20-13-7-5-6-8-14(13)21-17/h5-11H,1-4H3,(H,20,21). The highest BCUT2D eigenvalue weighted by Gasteiger charge is 2.25. The van der Waals surface area contributed by atoms with Crippen molar-refractivity contribution in [3.05, 3.63) is 42.5 Å². The Hall–Kier alpha value is -2.82. The molecule has 0 saturated carbocycles. The molecule has 0 bridgehead atoms. The first-order valence-electron chi connectivity index (χ1n) is 7.74. The van der Waals surface area contributed by atoms with Crippen molar-refractivity contribution >= 4 is 17.0 Å². The lowest BCUT2D eigenvalue weighted by Gasteiger charge is -2.18. The van der Waals surface area contributed by atoms with Crippen molar-refractivity contribution in [2.45, 2.75) is 20.8 Å². The van der Waals surface area contributed by atoms with Crippen LogP contribution in [0.2, 0.25) is 0 Å². The van der Waals surface area contributed by atoms with E-state index in [1.807, 2.05) is 51.1 Å². The number of nitrogens with one attached hydrogen (secondary N) is 1. The molecular formula is C19H20N2O3. The average Bonchev–Trinajstić information content (AvgIpc) is 2.98. The first-order valence-corrected chi connectivity index (χ1v) is 7.74. The van der Waals surface area contributed by atoms with Crippen LogP contribution in [0, 0.1) is 5.41 Å². The van der Waals surface area contributed by atoms with Crippen LogP contribution < -0.4 is 9.47 Å². The lowest BCUT2D eigenvalue weighted by molar-refractivity contribution is -0.143. The van der Waals surface area contributed by atoms with Gasteiger partial charge in [-0.2, -0.15) is 0 Å². The van der Waals surface area contributed by atoms with Gasteiger partial charge in [0.15, 0.2) is 11.5 Å². The molecular weight excluding hydrogens is 304 g/mol. The summed E-state index contributed by atoms with van der Waals surface area (Å²) in [7, 11) is 1.55. The first-order chi connectivity index (χ1) is 11.4. The molecule has 0 saturated heterocycles. The van der Waals surface area contributed by atoms with Gasteiger partial charge in [-0.15, -0.1) is 0 Å². The first kappa shape index (κ1) is 16.1. The van der Waals surface area contributed by atoms with Crippen molar-refractivity contribution in [3.63, 3.8) is 0 Å². The van der Waals surface area contributed by atoms with Crippen molar-refractivity contribution in [1.29, 1.82) is 0 Å². The van der Waals surface area contributed by atoms with E-state index in [4.69, 9.17) is 9.47 Å². The monoisotopic (exact) mass is 324 g/mol. The predicted molar refractivity (Wildman–Crippen MR) is 93.2 cm³/mol. The molecule has 5 heteroatoms. The third-order valence-electron chi connectivity index (χ3n) is 3.64. The number of hydrogen-bond acceptors (Lipinski definition) is 4. The van der Waals surface area contributed by atoms with Crippen LogP contribution in [0.3, 0.4) is 0 Å². The zero-order valence-corrected chi connectivity index (χ0v) is 14.2. The number of imidazole rings is 1. The van der Waals surface area contributed by atoms with Gasteiger partial charge in [0.25, 0.3) is 0 Å². The number of ether oxygens (including phenoxy) is 2. The van der Waals surface area contributed by atoms with Crippen LogP contribution in [-0.4, -0.2) is 23.0 Å². The Morgan fingerprint density at radius 1 is 1.08 bits per heavy atom. The number of fused-ring (bicyclic) bond motifs is 1. The molecule has 0 aliphatic heterocycles. The minimum atomic E-state index is -0.597. The van der Waals surface area contributed by atoms with Crippen molar-refractivity contribution in [3.8, 4) is 22.9 Å². The van der Waals surface area contributed by atoms with Crippen LogP contribution in [0.5, 0.6) is 11.5 Å². The van der Waals surface area contributed by atoms with E-state index >= 15 is 0 Å². The molecule has 1 heterocycles. The molecule has 1 aromatic heterocycles. The summed E-state index contributed by atoms with van der Waals surface area (Å²) in [5, 5.41) is 0. The van der Waals surface area contributed by atoms with E-state index in [1.165, 1.54) is 0 Å². The van der Waals surface area contributed by atoms with E-state index in [0.29, 0.717) is 17.3 Å². The van der Waals surface area contributed by atoms with Crippen LogP contribution in [0.1, 0.15) is 20.8 Å². The highest BCUT2D eigenvalue weighted by Crippen LogP contribution is 2.33. The maximum Gasteiger partial charge on any atom is 0.316 e. The highest BCUT2D eigenvalue weighted by molar-refractivity contribution is 5.81. The molecule has 0 radical (unpaired) electrons. The number of rotatable bonds is 3. The number of para-hydroxylation sites is 2. The van der Waals surface area contributed by atoms with Gasteiger partial charge in [-0.3, -0.25) is 4.79 Å². The van der Waals surface area contributed by atoms with Gasteiger partial charge in [0, 0.05) is 5.56 Å². The molecule has 0 aliphatic carbocycles. The zero-order valence-electron chi connectivity index (χ0n) is 14.2. The maximum atomic E-state index is 12.2. The maximum absolute atomic E-state index is 12.2. The van der Waals surface area contributed by atoms with Crippen LogP contribution in [-0.2, 0) is 4.79 Å². The molecule has 0 amide bonds. The van der Waals surface area contributed by atoms with Crippen LogP contribution in [0.4, 0.5) is 0 Å². The normalized spacial score (nSPS) is 11.5. The molecule has 0 spiro atoms. The molecule has 0 unspecified atom stereocenters. The van der Waals surface area contributed by atoms with E-state index in [1.54, 1.807) is 19.2 Å². The van der Waals surface area contributed by atoms with Crippen LogP contribution in [0.25, 0.3) is 22.4 Å². The van der Waals surface area contributed by atoms with E-state index in [2.05, 4.69) is 9.97 Å². The minimum Gasteiger partial charge on any atom is -0.493 e. The molecule has 0 atom stereocenters. The molecule has 2 aromatic carbocycles. The highest BCUT2D eigenvalue weighted by atomic mass is 16.6. The molecule has 0 fully saturated rings. The Morgan fingerprint density at radius 3 is 2.50 bits per heavy atom. The Bertz CT molecular complexity index is 858. The summed E-state index contributed by atoms with van der Waals surface area (Å²) >= 11 is 0. The van der Waals surface area contributed by atoms with Gasteiger partial charge in [-0.1, -0.05) is 12.1 Å². The van der Waals surface area contributed by atoms with E-state index < -0.39 is 5.41 Å². The number of benzene rings is 2. The summed E-state index contributed by atoms with van der Waals surface area (Å²) < 4.78 is 10.8. The number of H-pyrrole nitrogens is 1. The van der Waals surface area contributed by atoms with Crippen molar-refractivity contribution in [1.82, 2.24) is 9.97 Å². The van der Waals surface area contributed by atoms with Crippen molar-refractivity contribution < 1.29 is 14.3 Å².